The molecule has 2 rings (SSSR count). The normalized spacial score (nSPS) is 25.1. The Labute approximate surface area is 79.6 Å². The van der Waals surface area contributed by atoms with Crippen LogP contribution in [0.15, 0.2) is 4.99 Å². The fraction of sp³-hybridized carbons (Fsp3) is 0.900. The Kier molecular flexibility index (Phi) is 3.19. The van der Waals surface area contributed by atoms with Crippen molar-refractivity contribution in [3.8, 4) is 0 Å². The van der Waals surface area contributed by atoms with Crippen LogP contribution in [0.25, 0.3) is 0 Å². The summed E-state index contributed by atoms with van der Waals surface area (Å²) in [5.74, 6) is 1.82. The molecule has 0 amide bonds. The van der Waals surface area contributed by atoms with E-state index in [-0.39, 0.29) is 0 Å². The molecule has 2 heterocycles. The summed E-state index contributed by atoms with van der Waals surface area (Å²) in [6, 6.07) is 0. The summed E-state index contributed by atoms with van der Waals surface area (Å²) in [4.78, 5) is 4.40. The molecule has 0 unspecified atom stereocenters. The van der Waals surface area contributed by atoms with E-state index in [0.717, 1.165) is 50.9 Å². The minimum atomic E-state index is 0.804. The third-order valence-electron chi connectivity index (χ3n) is 2.78. The number of hydrogen-bond donors (Lipinski definition) is 1. The first-order chi connectivity index (χ1) is 6.45. The van der Waals surface area contributed by atoms with Crippen molar-refractivity contribution in [2.24, 2.45) is 10.9 Å². The molecule has 0 aliphatic carbocycles. The molecule has 0 radical (unpaired) electrons. The van der Waals surface area contributed by atoms with Crippen molar-refractivity contribution < 1.29 is 4.74 Å². The highest BCUT2D eigenvalue weighted by molar-refractivity contribution is 5.76. The number of piperidine rings is 1. The first-order valence-corrected chi connectivity index (χ1v) is 5.32. The van der Waals surface area contributed by atoms with Crippen LogP contribution in [0.1, 0.15) is 25.7 Å². The van der Waals surface area contributed by atoms with Crippen LogP contribution in [-0.2, 0) is 4.74 Å². The lowest BCUT2D eigenvalue weighted by Gasteiger charge is -2.24. The number of nitrogens with zero attached hydrogens (tertiary/aromatic N) is 1. The summed E-state index contributed by atoms with van der Waals surface area (Å²) in [6.07, 6.45) is 4.72. The molecule has 3 heteroatoms. The molecule has 0 aromatic rings. The molecule has 2 aliphatic heterocycles. The fourth-order valence-electron chi connectivity index (χ4n) is 1.96. The third-order valence-corrected chi connectivity index (χ3v) is 2.78. The van der Waals surface area contributed by atoms with E-state index in [1.165, 1.54) is 12.8 Å². The number of ether oxygens (including phenoxy) is 1. The molecule has 0 aromatic heterocycles. The maximum Gasteiger partial charge on any atom is 0.183 e. The average molecular weight is 182 g/mol. The van der Waals surface area contributed by atoms with Crippen LogP contribution in [0.4, 0.5) is 0 Å². The predicted octanol–water partition coefficient (Wildman–Crippen LogP) is 1.19. The van der Waals surface area contributed by atoms with Gasteiger partial charge in [0.15, 0.2) is 5.90 Å². The quantitative estimate of drug-likeness (QED) is 0.696. The zero-order valence-electron chi connectivity index (χ0n) is 8.09. The highest BCUT2D eigenvalue weighted by atomic mass is 16.5. The molecule has 2 aliphatic rings. The molecule has 1 N–H and O–H groups in total. The van der Waals surface area contributed by atoms with E-state index in [4.69, 9.17) is 4.74 Å². The van der Waals surface area contributed by atoms with Crippen LogP contribution in [0.5, 0.6) is 0 Å². The van der Waals surface area contributed by atoms with Gasteiger partial charge < -0.3 is 10.1 Å². The number of nitrogens with one attached hydrogen (secondary N) is 1. The summed E-state index contributed by atoms with van der Waals surface area (Å²) < 4.78 is 5.51. The molecule has 3 nitrogen and oxygen atoms in total. The maximum atomic E-state index is 5.51. The first kappa shape index (κ1) is 9.00. The van der Waals surface area contributed by atoms with Gasteiger partial charge in [0.2, 0.25) is 0 Å². The average Bonchev–Trinajstić information content (AvgIpc) is 2.21. The van der Waals surface area contributed by atoms with E-state index in [1.54, 1.807) is 0 Å². The van der Waals surface area contributed by atoms with Gasteiger partial charge in [0.1, 0.15) is 0 Å². The van der Waals surface area contributed by atoms with E-state index >= 15 is 0 Å². The molecule has 0 atom stereocenters. The molecular formula is C10H18N2O. The van der Waals surface area contributed by atoms with Crippen LogP contribution in [0.3, 0.4) is 0 Å². The highest BCUT2D eigenvalue weighted by Gasteiger charge is 2.17. The molecule has 0 saturated carbocycles. The highest BCUT2D eigenvalue weighted by Crippen LogP contribution is 2.18. The first-order valence-electron chi connectivity index (χ1n) is 5.32. The van der Waals surface area contributed by atoms with E-state index < -0.39 is 0 Å². The van der Waals surface area contributed by atoms with Crippen molar-refractivity contribution in [1.82, 2.24) is 5.32 Å². The minimum Gasteiger partial charge on any atom is -0.481 e. The number of aliphatic imine (C=N–C) groups is 1. The molecule has 74 valence electrons. The van der Waals surface area contributed by atoms with Crippen LogP contribution < -0.4 is 5.32 Å². The Morgan fingerprint density at radius 1 is 1.38 bits per heavy atom. The second kappa shape index (κ2) is 4.61. The van der Waals surface area contributed by atoms with Gasteiger partial charge in [-0.25, -0.2) is 0 Å². The molecular weight excluding hydrogens is 164 g/mol. The van der Waals surface area contributed by atoms with E-state index in [2.05, 4.69) is 10.3 Å². The molecule has 0 bridgehead atoms. The van der Waals surface area contributed by atoms with Crippen molar-refractivity contribution in [3.05, 3.63) is 0 Å². The zero-order chi connectivity index (χ0) is 8.93. The topological polar surface area (TPSA) is 33.6 Å². The molecule has 0 spiro atoms. The molecule has 1 fully saturated rings. The standard InChI is InChI=1S/C10H18N2O/c1-4-12-10(13-7-1)8-9-2-5-11-6-3-9/h9,11H,1-8H2. The lowest BCUT2D eigenvalue weighted by Crippen LogP contribution is -2.29. The molecule has 1 saturated heterocycles. The number of rotatable bonds is 2. The van der Waals surface area contributed by atoms with Gasteiger partial charge in [-0.1, -0.05) is 0 Å². The molecule has 0 aromatic carbocycles. The Morgan fingerprint density at radius 3 is 2.92 bits per heavy atom. The van der Waals surface area contributed by atoms with Crippen molar-refractivity contribution >= 4 is 5.90 Å². The Balaban J connectivity index is 1.78. The lowest BCUT2D eigenvalue weighted by molar-refractivity contribution is 0.258. The Hall–Kier alpha value is -0.570. The minimum absolute atomic E-state index is 0.804. The van der Waals surface area contributed by atoms with Crippen LogP contribution in [0, 0.1) is 5.92 Å². The summed E-state index contributed by atoms with van der Waals surface area (Å²) in [5.41, 5.74) is 0. The summed E-state index contributed by atoms with van der Waals surface area (Å²) >= 11 is 0. The van der Waals surface area contributed by atoms with Gasteiger partial charge in [0.25, 0.3) is 0 Å². The van der Waals surface area contributed by atoms with E-state index in [9.17, 15) is 0 Å². The largest absolute Gasteiger partial charge is 0.481 e. The van der Waals surface area contributed by atoms with Gasteiger partial charge in [0.05, 0.1) is 6.61 Å². The van der Waals surface area contributed by atoms with Gasteiger partial charge in [-0.3, -0.25) is 4.99 Å². The van der Waals surface area contributed by atoms with Gasteiger partial charge in [-0.05, 0) is 31.8 Å². The van der Waals surface area contributed by atoms with E-state index in [0.29, 0.717) is 0 Å². The zero-order valence-corrected chi connectivity index (χ0v) is 8.09. The van der Waals surface area contributed by atoms with Crippen LogP contribution >= 0.6 is 0 Å². The Morgan fingerprint density at radius 2 is 2.23 bits per heavy atom. The second-order valence-electron chi connectivity index (χ2n) is 3.87. The van der Waals surface area contributed by atoms with Gasteiger partial charge >= 0.3 is 0 Å². The number of hydrogen-bond acceptors (Lipinski definition) is 3. The van der Waals surface area contributed by atoms with Crippen LogP contribution in [-0.4, -0.2) is 32.1 Å². The van der Waals surface area contributed by atoms with Gasteiger partial charge in [-0.2, -0.15) is 0 Å². The lowest BCUT2D eigenvalue weighted by atomic mass is 9.94. The monoisotopic (exact) mass is 182 g/mol. The SMILES string of the molecule is C1CN=C(CC2CCNCC2)OC1. The van der Waals surface area contributed by atoms with Crippen molar-refractivity contribution in [2.75, 3.05) is 26.2 Å². The Bertz CT molecular complexity index is 185. The summed E-state index contributed by atoms with van der Waals surface area (Å²) in [7, 11) is 0. The fourth-order valence-corrected chi connectivity index (χ4v) is 1.96. The molecule has 13 heavy (non-hydrogen) atoms. The summed E-state index contributed by atoms with van der Waals surface area (Å²) in [5, 5.41) is 3.37. The third kappa shape index (κ3) is 2.69. The van der Waals surface area contributed by atoms with Crippen LogP contribution in [0.2, 0.25) is 0 Å². The second-order valence-corrected chi connectivity index (χ2v) is 3.87. The van der Waals surface area contributed by atoms with Crippen molar-refractivity contribution in [2.45, 2.75) is 25.7 Å². The van der Waals surface area contributed by atoms with Gasteiger partial charge in [-0.15, -0.1) is 0 Å². The van der Waals surface area contributed by atoms with Crippen molar-refractivity contribution in [1.29, 1.82) is 0 Å². The van der Waals surface area contributed by atoms with E-state index in [1.807, 2.05) is 0 Å². The van der Waals surface area contributed by atoms with Crippen molar-refractivity contribution in [3.63, 3.8) is 0 Å². The predicted molar refractivity (Wildman–Crippen MR) is 53.1 cm³/mol. The smallest absolute Gasteiger partial charge is 0.183 e. The van der Waals surface area contributed by atoms with Gasteiger partial charge in [0, 0.05) is 19.4 Å². The maximum absolute atomic E-state index is 5.51. The summed E-state index contributed by atoms with van der Waals surface area (Å²) in [6.45, 7) is 4.18.